The van der Waals surface area contributed by atoms with Crippen LogP contribution >= 0.6 is 11.3 Å². The van der Waals surface area contributed by atoms with Crippen LogP contribution in [0.25, 0.3) is 0 Å². The first-order valence-electron chi connectivity index (χ1n) is 4.72. The maximum atomic E-state index is 2.28. The molecule has 0 amide bonds. The first kappa shape index (κ1) is 9.79. The highest BCUT2D eigenvalue weighted by Gasteiger charge is 2.12. The minimum atomic E-state index is 0.696. The van der Waals surface area contributed by atoms with E-state index in [9.17, 15) is 0 Å². The van der Waals surface area contributed by atoms with Crippen LogP contribution in [-0.2, 0) is 0 Å². The lowest BCUT2D eigenvalue weighted by atomic mass is 10.1. The quantitative estimate of drug-likeness (QED) is 0.608. The second kappa shape index (κ2) is 4.66. The minimum absolute atomic E-state index is 0.696. The summed E-state index contributed by atoms with van der Waals surface area (Å²) in [6.45, 7) is 6.70. The van der Waals surface area contributed by atoms with Gasteiger partial charge >= 0.3 is 0 Å². The van der Waals surface area contributed by atoms with Crippen molar-refractivity contribution in [1.29, 1.82) is 0 Å². The van der Waals surface area contributed by atoms with E-state index in [0.29, 0.717) is 5.92 Å². The Labute approximate surface area is 79.6 Å². The summed E-state index contributed by atoms with van der Waals surface area (Å²) in [6.07, 6.45) is 2.97. The minimum Gasteiger partial charge on any atom is -0.152 e. The van der Waals surface area contributed by atoms with Crippen molar-refractivity contribution in [3.8, 4) is 0 Å². The van der Waals surface area contributed by atoms with Crippen LogP contribution in [0.5, 0.6) is 0 Å². The van der Waals surface area contributed by atoms with Crippen molar-refractivity contribution < 1.29 is 0 Å². The highest BCUT2D eigenvalue weighted by atomic mass is 32.1. The summed E-state index contributed by atoms with van der Waals surface area (Å²) in [5, 5.41) is 4.32. The molecule has 12 heavy (non-hydrogen) atoms. The Balaban J connectivity index is 0.000000150. The van der Waals surface area contributed by atoms with Crippen LogP contribution in [0.1, 0.15) is 45.1 Å². The van der Waals surface area contributed by atoms with Crippen LogP contribution in [0.15, 0.2) is 16.8 Å². The zero-order valence-corrected chi connectivity index (χ0v) is 9.03. The Morgan fingerprint density at radius 2 is 2.00 bits per heavy atom. The standard InChI is InChI=1S/C7H10S.C4H8/c1-6(2)7-3-4-8-5-7;1-4-2-3-4/h3-6H,1-2H3;4H,2-3H2,1H3. The van der Waals surface area contributed by atoms with Gasteiger partial charge < -0.3 is 0 Å². The summed E-state index contributed by atoms with van der Waals surface area (Å²) in [6, 6.07) is 2.18. The van der Waals surface area contributed by atoms with Gasteiger partial charge in [-0.15, -0.1) is 0 Å². The lowest BCUT2D eigenvalue weighted by molar-refractivity contribution is 0.872. The van der Waals surface area contributed by atoms with Crippen molar-refractivity contribution in [2.75, 3.05) is 0 Å². The van der Waals surface area contributed by atoms with Crippen molar-refractivity contribution in [2.24, 2.45) is 5.92 Å². The van der Waals surface area contributed by atoms with Gasteiger partial charge in [0.15, 0.2) is 0 Å². The van der Waals surface area contributed by atoms with Gasteiger partial charge in [-0.2, -0.15) is 11.3 Å². The van der Waals surface area contributed by atoms with Crippen LogP contribution in [0, 0.1) is 5.92 Å². The zero-order valence-electron chi connectivity index (χ0n) is 8.21. The Morgan fingerprint density at radius 3 is 2.17 bits per heavy atom. The van der Waals surface area contributed by atoms with E-state index in [1.165, 1.54) is 18.4 Å². The Morgan fingerprint density at radius 1 is 1.42 bits per heavy atom. The molecule has 0 bridgehead atoms. The molecule has 68 valence electrons. The molecule has 0 unspecified atom stereocenters. The molecule has 0 N–H and O–H groups in total. The third kappa shape index (κ3) is 3.91. The van der Waals surface area contributed by atoms with Gasteiger partial charge in [-0.3, -0.25) is 0 Å². The third-order valence-electron chi connectivity index (χ3n) is 2.08. The molecular formula is C11H18S. The Kier molecular flexibility index (Phi) is 3.80. The Bertz CT molecular complexity index is 195. The molecule has 0 saturated heterocycles. The van der Waals surface area contributed by atoms with E-state index in [4.69, 9.17) is 0 Å². The van der Waals surface area contributed by atoms with E-state index in [1.54, 1.807) is 11.3 Å². The van der Waals surface area contributed by atoms with E-state index in [1.807, 2.05) is 0 Å². The number of thiophene rings is 1. The third-order valence-corrected chi connectivity index (χ3v) is 2.78. The van der Waals surface area contributed by atoms with Crippen molar-refractivity contribution in [3.05, 3.63) is 22.4 Å². The molecule has 0 aromatic carbocycles. The summed E-state index contributed by atoms with van der Waals surface area (Å²) in [5.41, 5.74) is 1.45. The highest BCUT2D eigenvalue weighted by Crippen LogP contribution is 2.26. The molecule has 0 radical (unpaired) electrons. The lowest BCUT2D eigenvalue weighted by Gasteiger charge is -1.96. The van der Waals surface area contributed by atoms with Crippen molar-refractivity contribution in [3.63, 3.8) is 0 Å². The molecule has 1 aromatic heterocycles. The highest BCUT2D eigenvalue weighted by molar-refractivity contribution is 7.07. The van der Waals surface area contributed by atoms with Gasteiger partial charge in [-0.1, -0.05) is 33.6 Å². The number of hydrogen-bond donors (Lipinski definition) is 0. The van der Waals surface area contributed by atoms with E-state index < -0.39 is 0 Å². The molecule has 0 nitrogen and oxygen atoms in total. The predicted molar refractivity (Wildman–Crippen MR) is 56.8 cm³/mol. The summed E-state index contributed by atoms with van der Waals surface area (Å²) >= 11 is 1.77. The van der Waals surface area contributed by atoms with Crippen LogP contribution in [-0.4, -0.2) is 0 Å². The average molecular weight is 182 g/mol. The molecule has 2 rings (SSSR count). The first-order valence-corrected chi connectivity index (χ1v) is 5.66. The van der Waals surface area contributed by atoms with Crippen molar-refractivity contribution >= 4 is 11.3 Å². The SMILES string of the molecule is CC(C)c1ccsc1.CC1CC1. The molecule has 0 spiro atoms. The zero-order chi connectivity index (χ0) is 8.97. The molecule has 1 fully saturated rings. The molecule has 1 aromatic rings. The van der Waals surface area contributed by atoms with Crippen LogP contribution in [0.2, 0.25) is 0 Å². The lowest BCUT2D eigenvalue weighted by Crippen LogP contribution is -1.79. The normalized spacial score (nSPS) is 15.7. The molecule has 0 aliphatic heterocycles. The predicted octanol–water partition coefficient (Wildman–Crippen LogP) is 4.29. The molecule has 1 aliphatic rings. The summed E-state index contributed by atoms with van der Waals surface area (Å²) in [5.74, 6) is 1.78. The molecule has 1 heterocycles. The van der Waals surface area contributed by atoms with Crippen molar-refractivity contribution in [2.45, 2.75) is 39.5 Å². The van der Waals surface area contributed by atoms with Crippen molar-refractivity contribution in [1.82, 2.24) is 0 Å². The van der Waals surface area contributed by atoms with E-state index in [2.05, 4.69) is 37.6 Å². The number of hydrogen-bond acceptors (Lipinski definition) is 1. The smallest absolute Gasteiger partial charge is 0.00586 e. The fourth-order valence-corrected chi connectivity index (χ4v) is 1.59. The second-order valence-corrected chi connectivity index (χ2v) is 4.67. The Hall–Kier alpha value is -0.300. The largest absolute Gasteiger partial charge is 0.152 e. The van der Waals surface area contributed by atoms with Crippen LogP contribution < -0.4 is 0 Å². The number of rotatable bonds is 1. The van der Waals surface area contributed by atoms with Gasteiger partial charge in [0.2, 0.25) is 0 Å². The summed E-state index contributed by atoms with van der Waals surface area (Å²) < 4.78 is 0. The van der Waals surface area contributed by atoms with E-state index >= 15 is 0 Å². The van der Waals surface area contributed by atoms with E-state index in [-0.39, 0.29) is 0 Å². The molecule has 1 aliphatic carbocycles. The monoisotopic (exact) mass is 182 g/mol. The van der Waals surface area contributed by atoms with Gasteiger partial charge in [0.25, 0.3) is 0 Å². The van der Waals surface area contributed by atoms with Gasteiger partial charge in [0.05, 0.1) is 0 Å². The van der Waals surface area contributed by atoms with Crippen LogP contribution in [0.3, 0.4) is 0 Å². The van der Waals surface area contributed by atoms with E-state index in [0.717, 1.165) is 5.92 Å². The average Bonchev–Trinajstić information content (AvgIpc) is 2.66. The maximum absolute atomic E-state index is 2.28. The fraction of sp³-hybridized carbons (Fsp3) is 0.636. The fourth-order valence-electron chi connectivity index (χ4n) is 0.770. The summed E-state index contributed by atoms with van der Waals surface area (Å²) in [7, 11) is 0. The van der Waals surface area contributed by atoms with Crippen LogP contribution in [0.4, 0.5) is 0 Å². The van der Waals surface area contributed by atoms with Gasteiger partial charge in [-0.05, 0) is 34.2 Å². The first-order chi connectivity index (χ1) is 5.70. The molecule has 1 heteroatoms. The van der Waals surface area contributed by atoms with Gasteiger partial charge in [-0.25, -0.2) is 0 Å². The maximum Gasteiger partial charge on any atom is -0.00586 e. The molecule has 0 atom stereocenters. The second-order valence-electron chi connectivity index (χ2n) is 3.89. The van der Waals surface area contributed by atoms with Gasteiger partial charge in [0, 0.05) is 0 Å². The molecular weight excluding hydrogens is 164 g/mol. The topological polar surface area (TPSA) is 0 Å². The van der Waals surface area contributed by atoms with Gasteiger partial charge in [0.1, 0.15) is 0 Å². The molecule has 1 saturated carbocycles. The summed E-state index contributed by atoms with van der Waals surface area (Å²) in [4.78, 5) is 0.